The van der Waals surface area contributed by atoms with Crippen LogP contribution in [0.15, 0.2) is 0 Å². The fourth-order valence-electron chi connectivity index (χ4n) is 3.74. The van der Waals surface area contributed by atoms with Crippen LogP contribution in [0.25, 0.3) is 0 Å². The second-order valence-corrected chi connectivity index (χ2v) is 9.29. The van der Waals surface area contributed by atoms with Crippen LogP contribution in [0.4, 0.5) is 0 Å². The Morgan fingerprint density at radius 2 is 1.71 bits per heavy atom. The van der Waals surface area contributed by atoms with Crippen LogP contribution in [-0.4, -0.2) is 37.1 Å². The van der Waals surface area contributed by atoms with Gasteiger partial charge in [-0.05, 0) is 56.4 Å². The van der Waals surface area contributed by atoms with E-state index in [-0.39, 0.29) is 0 Å². The van der Waals surface area contributed by atoms with Crippen molar-refractivity contribution in [3.63, 3.8) is 0 Å². The fourth-order valence-corrected chi connectivity index (χ4v) is 3.74. The molecule has 2 rings (SSSR count). The number of nitrogens with zero attached hydrogens (tertiary/aromatic N) is 1. The van der Waals surface area contributed by atoms with Crippen LogP contribution >= 0.6 is 0 Å². The Morgan fingerprint density at radius 1 is 1.14 bits per heavy atom. The van der Waals surface area contributed by atoms with Crippen LogP contribution in [0.1, 0.15) is 73.1 Å². The molecule has 1 unspecified atom stereocenters. The van der Waals surface area contributed by atoms with Crippen molar-refractivity contribution in [2.45, 2.75) is 85.2 Å². The van der Waals surface area contributed by atoms with Crippen LogP contribution in [0.3, 0.4) is 0 Å². The molecule has 0 aromatic rings. The SMILES string of the molecule is CC1CCC(CNC2CC2)(CN(C)C(C)C(C)(C)C)CC1. The zero-order valence-electron chi connectivity index (χ0n) is 15.3. The lowest BCUT2D eigenvalue weighted by Crippen LogP contribution is -2.50. The largest absolute Gasteiger partial charge is 0.313 e. The van der Waals surface area contributed by atoms with Gasteiger partial charge in [-0.25, -0.2) is 0 Å². The zero-order chi connectivity index (χ0) is 15.7. The minimum absolute atomic E-state index is 0.363. The quantitative estimate of drug-likeness (QED) is 0.785. The first-order chi connectivity index (χ1) is 9.72. The molecule has 0 amide bonds. The molecule has 2 nitrogen and oxygen atoms in total. The number of hydrogen-bond donors (Lipinski definition) is 1. The monoisotopic (exact) mass is 294 g/mol. The van der Waals surface area contributed by atoms with Crippen molar-refractivity contribution in [1.82, 2.24) is 10.2 Å². The van der Waals surface area contributed by atoms with Crippen molar-refractivity contribution in [3.8, 4) is 0 Å². The Balaban J connectivity index is 1.97. The van der Waals surface area contributed by atoms with E-state index in [0.29, 0.717) is 16.9 Å². The number of nitrogens with one attached hydrogen (secondary N) is 1. The maximum absolute atomic E-state index is 3.84. The summed E-state index contributed by atoms with van der Waals surface area (Å²) in [6.07, 6.45) is 8.47. The molecular formula is C19H38N2. The van der Waals surface area contributed by atoms with E-state index < -0.39 is 0 Å². The second-order valence-electron chi connectivity index (χ2n) is 9.29. The fraction of sp³-hybridized carbons (Fsp3) is 1.00. The van der Waals surface area contributed by atoms with Gasteiger partial charge in [-0.15, -0.1) is 0 Å². The minimum Gasteiger partial charge on any atom is -0.313 e. The van der Waals surface area contributed by atoms with Crippen LogP contribution in [0.2, 0.25) is 0 Å². The van der Waals surface area contributed by atoms with E-state index in [2.05, 4.69) is 51.9 Å². The highest BCUT2D eigenvalue weighted by Crippen LogP contribution is 2.40. The highest BCUT2D eigenvalue weighted by Gasteiger charge is 2.38. The summed E-state index contributed by atoms with van der Waals surface area (Å²) in [7, 11) is 2.34. The van der Waals surface area contributed by atoms with E-state index in [1.807, 2.05) is 0 Å². The van der Waals surface area contributed by atoms with Gasteiger partial charge in [0.2, 0.25) is 0 Å². The van der Waals surface area contributed by atoms with Gasteiger partial charge in [-0.1, -0.05) is 40.5 Å². The van der Waals surface area contributed by atoms with Crippen molar-refractivity contribution in [3.05, 3.63) is 0 Å². The van der Waals surface area contributed by atoms with E-state index in [0.717, 1.165) is 12.0 Å². The van der Waals surface area contributed by atoms with Gasteiger partial charge in [0.15, 0.2) is 0 Å². The Hall–Kier alpha value is -0.0800. The van der Waals surface area contributed by atoms with E-state index in [4.69, 9.17) is 0 Å². The third-order valence-electron chi connectivity index (χ3n) is 6.18. The summed E-state index contributed by atoms with van der Waals surface area (Å²) in [6, 6.07) is 1.47. The van der Waals surface area contributed by atoms with Crippen molar-refractivity contribution < 1.29 is 0 Å². The predicted molar refractivity (Wildman–Crippen MR) is 92.6 cm³/mol. The smallest absolute Gasteiger partial charge is 0.0113 e. The third kappa shape index (κ3) is 4.96. The van der Waals surface area contributed by atoms with Crippen LogP contribution in [0, 0.1) is 16.7 Å². The molecule has 0 spiro atoms. The van der Waals surface area contributed by atoms with Crippen molar-refractivity contribution in [1.29, 1.82) is 0 Å². The van der Waals surface area contributed by atoms with Crippen LogP contribution < -0.4 is 5.32 Å². The van der Waals surface area contributed by atoms with Crippen LogP contribution in [-0.2, 0) is 0 Å². The van der Waals surface area contributed by atoms with E-state index >= 15 is 0 Å². The summed E-state index contributed by atoms with van der Waals surface area (Å²) in [5.74, 6) is 0.935. The molecule has 21 heavy (non-hydrogen) atoms. The van der Waals surface area contributed by atoms with Crippen molar-refractivity contribution in [2.24, 2.45) is 16.7 Å². The molecule has 0 aromatic carbocycles. The molecule has 0 saturated heterocycles. The first-order valence-corrected chi connectivity index (χ1v) is 9.15. The van der Waals surface area contributed by atoms with Gasteiger partial charge in [0.05, 0.1) is 0 Å². The Labute approximate surface area is 133 Å². The van der Waals surface area contributed by atoms with E-state index in [9.17, 15) is 0 Å². The van der Waals surface area contributed by atoms with Gasteiger partial charge in [-0.3, -0.25) is 0 Å². The molecule has 0 radical (unpaired) electrons. The molecule has 124 valence electrons. The summed E-state index contributed by atoms with van der Waals surface area (Å²) >= 11 is 0. The van der Waals surface area contributed by atoms with Gasteiger partial charge in [0, 0.05) is 25.2 Å². The number of hydrogen-bond acceptors (Lipinski definition) is 2. The summed E-state index contributed by atoms with van der Waals surface area (Å²) in [4.78, 5) is 2.63. The lowest BCUT2D eigenvalue weighted by Gasteiger charge is -2.45. The molecule has 0 bridgehead atoms. The molecule has 2 fully saturated rings. The van der Waals surface area contributed by atoms with Crippen LogP contribution in [0.5, 0.6) is 0 Å². The van der Waals surface area contributed by atoms with Gasteiger partial charge < -0.3 is 10.2 Å². The first kappa shape index (κ1) is 17.3. The van der Waals surface area contributed by atoms with Gasteiger partial charge in [-0.2, -0.15) is 0 Å². The molecule has 0 heterocycles. The summed E-state index contributed by atoms with van der Waals surface area (Å²) < 4.78 is 0. The lowest BCUT2D eigenvalue weighted by atomic mass is 9.70. The van der Waals surface area contributed by atoms with Crippen molar-refractivity contribution >= 4 is 0 Å². The van der Waals surface area contributed by atoms with Gasteiger partial charge in [0.1, 0.15) is 0 Å². The predicted octanol–water partition coefficient (Wildman–Crippen LogP) is 4.30. The molecule has 1 atom stereocenters. The van der Waals surface area contributed by atoms with Gasteiger partial charge in [0.25, 0.3) is 0 Å². The average molecular weight is 295 g/mol. The number of rotatable bonds is 6. The Morgan fingerprint density at radius 3 is 2.19 bits per heavy atom. The zero-order valence-corrected chi connectivity index (χ0v) is 15.3. The summed E-state index contributed by atoms with van der Waals surface area (Å²) in [5, 5.41) is 3.84. The Bertz CT molecular complexity index is 319. The highest BCUT2D eigenvalue weighted by molar-refractivity contribution is 4.93. The minimum atomic E-state index is 0.363. The lowest BCUT2D eigenvalue weighted by molar-refractivity contribution is 0.0509. The molecule has 1 N–H and O–H groups in total. The van der Waals surface area contributed by atoms with E-state index in [1.54, 1.807) is 0 Å². The molecule has 2 aliphatic carbocycles. The summed E-state index contributed by atoms with van der Waals surface area (Å²) in [6.45, 7) is 14.4. The summed E-state index contributed by atoms with van der Waals surface area (Å²) in [5.41, 5.74) is 0.880. The van der Waals surface area contributed by atoms with Gasteiger partial charge >= 0.3 is 0 Å². The highest BCUT2D eigenvalue weighted by atomic mass is 15.1. The molecule has 0 aromatic heterocycles. The van der Waals surface area contributed by atoms with Crippen molar-refractivity contribution in [2.75, 3.05) is 20.1 Å². The normalized spacial score (nSPS) is 32.4. The maximum atomic E-state index is 3.84. The molecule has 2 saturated carbocycles. The first-order valence-electron chi connectivity index (χ1n) is 9.15. The standard InChI is InChI=1S/C19H38N2/c1-15-9-11-19(12-10-15,13-20-17-7-8-17)14-21(6)16(2)18(3,4)5/h15-17,20H,7-14H2,1-6H3. The maximum Gasteiger partial charge on any atom is 0.0113 e. The molecule has 2 aliphatic rings. The third-order valence-corrected chi connectivity index (χ3v) is 6.18. The Kier molecular flexibility index (Phi) is 5.41. The molecular weight excluding hydrogens is 256 g/mol. The topological polar surface area (TPSA) is 15.3 Å². The van der Waals surface area contributed by atoms with E-state index in [1.165, 1.54) is 51.6 Å². The molecule has 0 aliphatic heterocycles. The molecule has 2 heteroatoms. The second kappa shape index (κ2) is 6.58. The average Bonchev–Trinajstić information content (AvgIpc) is 3.22.